The second-order valence-electron chi connectivity index (χ2n) is 8.07. The molecule has 0 spiro atoms. The first-order chi connectivity index (χ1) is 14.9. The molecular weight excluding hydrogens is 402 g/mol. The third-order valence-corrected chi connectivity index (χ3v) is 5.25. The maximum atomic E-state index is 12.3. The summed E-state index contributed by atoms with van der Waals surface area (Å²) in [5.41, 5.74) is 1.03. The number of rotatable bonds is 9. The number of furan rings is 1. The smallest absolute Gasteiger partial charge is 0.307 e. The van der Waals surface area contributed by atoms with Gasteiger partial charge in [-0.1, -0.05) is 30.3 Å². The molecule has 2 aliphatic heterocycles. The van der Waals surface area contributed by atoms with Gasteiger partial charge in [0, 0.05) is 6.07 Å². The molecule has 2 saturated heterocycles. The molecule has 2 aromatic rings. The van der Waals surface area contributed by atoms with E-state index >= 15 is 0 Å². The van der Waals surface area contributed by atoms with Crippen LogP contribution in [0.25, 0.3) is 0 Å². The molecule has 1 aromatic heterocycles. The number of carbonyl (C=O) groups excluding carboxylic acids is 1. The molecule has 31 heavy (non-hydrogen) atoms. The van der Waals surface area contributed by atoms with Gasteiger partial charge in [0.15, 0.2) is 18.0 Å². The van der Waals surface area contributed by atoms with E-state index in [1.165, 1.54) is 0 Å². The van der Waals surface area contributed by atoms with E-state index in [1.54, 1.807) is 25.3 Å². The molecule has 0 aliphatic carbocycles. The van der Waals surface area contributed by atoms with Gasteiger partial charge in [-0.25, -0.2) is 0 Å². The maximum Gasteiger partial charge on any atom is 0.307 e. The number of fused-ring (bicyclic) bond motifs is 1. The second-order valence-corrected chi connectivity index (χ2v) is 8.07. The lowest BCUT2D eigenvalue weighted by molar-refractivity contribution is -0.221. The number of nitrogens with one attached hydrogen (secondary N) is 1. The molecule has 5 atom stereocenters. The summed E-state index contributed by atoms with van der Waals surface area (Å²) in [5, 5.41) is 3.24. The zero-order valence-corrected chi connectivity index (χ0v) is 18.0. The number of benzene rings is 1. The molecule has 1 N–H and O–H groups in total. The van der Waals surface area contributed by atoms with Crippen LogP contribution in [0.3, 0.4) is 0 Å². The number of esters is 1. The number of ether oxygens (including phenoxy) is 5. The second kappa shape index (κ2) is 9.40. The maximum absolute atomic E-state index is 12.3. The molecule has 0 radical (unpaired) electrons. The average Bonchev–Trinajstić information content (AvgIpc) is 3.42. The molecule has 0 saturated carbocycles. The Labute approximate surface area is 181 Å². The van der Waals surface area contributed by atoms with E-state index < -0.39 is 36.4 Å². The summed E-state index contributed by atoms with van der Waals surface area (Å²) in [7, 11) is 0. The number of hydrogen-bond acceptors (Lipinski definition) is 8. The van der Waals surface area contributed by atoms with Crippen LogP contribution in [0.15, 0.2) is 53.1 Å². The topological polar surface area (TPSA) is 88.4 Å². The van der Waals surface area contributed by atoms with Crippen molar-refractivity contribution in [1.29, 1.82) is 0 Å². The van der Waals surface area contributed by atoms with E-state index in [-0.39, 0.29) is 12.4 Å². The van der Waals surface area contributed by atoms with Crippen molar-refractivity contribution >= 4 is 11.9 Å². The number of hydrogen-bond donors (Lipinski definition) is 1. The molecule has 2 aliphatic rings. The van der Waals surface area contributed by atoms with Crippen molar-refractivity contribution in [2.75, 3.05) is 11.9 Å². The highest BCUT2D eigenvalue weighted by Gasteiger charge is 2.57. The minimum Gasteiger partial charge on any atom is -0.466 e. The molecule has 3 heterocycles. The normalized spacial score (nSPS) is 27.6. The summed E-state index contributed by atoms with van der Waals surface area (Å²) in [6, 6.07) is 13.0. The highest BCUT2D eigenvalue weighted by molar-refractivity contribution is 5.70. The van der Waals surface area contributed by atoms with Gasteiger partial charge in [-0.05, 0) is 32.4 Å². The Morgan fingerprint density at radius 1 is 1.16 bits per heavy atom. The molecule has 8 nitrogen and oxygen atoms in total. The Hall–Kier alpha value is -2.39. The monoisotopic (exact) mass is 431 g/mol. The van der Waals surface area contributed by atoms with Crippen LogP contribution >= 0.6 is 0 Å². The van der Waals surface area contributed by atoms with Crippen LogP contribution in [0, 0.1) is 0 Å². The van der Waals surface area contributed by atoms with Crippen LogP contribution in [0.2, 0.25) is 0 Å². The summed E-state index contributed by atoms with van der Waals surface area (Å²) in [6.07, 6.45) is -0.367. The summed E-state index contributed by atoms with van der Waals surface area (Å²) < 4.78 is 35.2. The number of anilines is 1. The van der Waals surface area contributed by atoms with Gasteiger partial charge in [-0.15, -0.1) is 0 Å². The first kappa shape index (κ1) is 21.8. The Morgan fingerprint density at radius 3 is 2.68 bits per heavy atom. The zero-order valence-electron chi connectivity index (χ0n) is 18.0. The van der Waals surface area contributed by atoms with Crippen LogP contribution in [0.4, 0.5) is 5.88 Å². The predicted octanol–water partition coefficient (Wildman–Crippen LogP) is 3.48. The van der Waals surface area contributed by atoms with Crippen LogP contribution in [0.5, 0.6) is 0 Å². The fraction of sp³-hybridized carbons (Fsp3) is 0.522. The zero-order chi connectivity index (χ0) is 21.8. The molecule has 8 heteroatoms. The van der Waals surface area contributed by atoms with E-state index in [9.17, 15) is 4.79 Å². The molecular formula is C23H29NO7. The van der Waals surface area contributed by atoms with Gasteiger partial charge in [0.2, 0.25) is 0 Å². The van der Waals surface area contributed by atoms with E-state index in [1.807, 2.05) is 44.2 Å². The van der Waals surface area contributed by atoms with Crippen molar-refractivity contribution < 1.29 is 32.9 Å². The van der Waals surface area contributed by atoms with Gasteiger partial charge in [0.05, 0.1) is 31.9 Å². The highest BCUT2D eigenvalue weighted by Crippen LogP contribution is 2.41. The average molecular weight is 431 g/mol. The fourth-order valence-corrected chi connectivity index (χ4v) is 3.98. The third kappa shape index (κ3) is 5.27. The van der Waals surface area contributed by atoms with Gasteiger partial charge in [-0.2, -0.15) is 0 Å². The minimum atomic E-state index is -0.778. The Kier molecular flexibility index (Phi) is 6.62. The molecule has 2 fully saturated rings. The standard InChI is InChI=1S/C23H29NO7/c1-4-26-18(25)13-16(24-17-11-8-12-27-17)19-20(28-14-15-9-6-5-7-10-15)21-22(29-19)31-23(2,3)30-21/h5-12,16,19-22,24H,4,13-14H2,1-3H3/t16?,19-,20+,21-,22-/m1/s1. The van der Waals surface area contributed by atoms with Crippen molar-refractivity contribution in [3.8, 4) is 0 Å². The van der Waals surface area contributed by atoms with Crippen LogP contribution < -0.4 is 5.32 Å². The predicted molar refractivity (Wildman–Crippen MR) is 111 cm³/mol. The van der Waals surface area contributed by atoms with Gasteiger partial charge in [-0.3, -0.25) is 4.79 Å². The molecule has 1 aromatic carbocycles. The lowest BCUT2D eigenvalue weighted by atomic mass is 10.00. The van der Waals surface area contributed by atoms with Gasteiger partial charge < -0.3 is 33.4 Å². The van der Waals surface area contributed by atoms with Crippen molar-refractivity contribution in [1.82, 2.24) is 0 Å². The quantitative estimate of drug-likeness (QED) is 0.604. The summed E-state index contributed by atoms with van der Waals surface area (Å²) in [5.74, 6) is -0.588. The fourth-order valence-electron chi connectivity index (χ4n) is 3.98. The summed E-state index contributed by atoms with van der Waals surface area (Å²) in [4.78, 5) is 12.3. The van der Waals surface area contributed by atoms with E-state index in [2.05, 4.69) is 5.32 Å². The Morgan fingerprint density at radius 2 is 1.97 bits per heavy atom. The van der Waals surface area contributed by atoms with Crippen molar-refractivity contribution in [3.63, 3.8) is 0 Å². The lowest BCUT2D eigenvalue weighted by Gasteiger charge is -2.31. The van der Waals surface area contributed by atoms with Crippen LogP contribution in [0.1, 0.15) is 32.8 Å². The van der Waals surface area contributed by atoms with E-state index in [0.29, 0.717) is 19.1 Å². The highest BCUT2D eigenvalue weighted by atomic mass is 16.8. The first-order valence-electron chi connectivity index (χ1n) is 10.6. The van der Waals surface area contributed by atoms with Crippen molar-refractivity contribution in [2.45, 2.75) is 70.2 Å². The van der Waals surface area contributed by atoms with Gasteiger partial charge in [0.25, 0.3) is 0 Å². The largest absolute Gasteiger partial charge is 0.466 e. The molecule has 0 amide bonds. The Bertz CT molecular complexity index is 839. The summed E-state index contributed by atoms with van der Waals surface area (Å²) >= 11 is 0. The first-order valence-corrected chi connectivity index (χ1v) is 10.6. The third-order valence-electron chi connectivity index (χ3n) is 5.25. The molecule has 168 valence electrons. The minimum absolute atomic E-state index is 0.0766. The van der Waals surface area contributed by atoms with Gasteiger partial charge in [0.1, 0.15) is 18.3 Å². The molecule has 4 rings (SSSR count). The van der Waals surface area contributed by atoms with Crippen LogP contribution in [-0.4, -0.2) is 49.0 Å². The lowest BCUT2D eigenvalue weighted by Crippen LogP contribution is -2.46. The van der Waals surface area contributed by atoms with Crippen molar-refractivity contribution in [3.05, 3.63) is 54.3 Å². The van der Waals surface area contributed by atoms with Crippen molar-refractivity contribution in [2.24, 2.45) is 0 Å². The van der Waals surface area contributed by atoms with E-state index in [4.69, 9.17) is 28.1 Å². The summed E-state index contributed by atoms with van der Waals surface area (Å²) in [6.45, 7) is 6.14. The SMILES string of the molecule is CCOC(=O)CC(Nc1ccco1)[C@H]1O[C@@H]2OC(C)(C)O[C@@H]2[C@H]1OCc1ccccc1. The molecule has 0 bridgehead atoms. The molecule has 1 unspecified atom stereocenters. The Balaban J connectivity index is 1.55. The number of carbonyl (C=O) groups is 1. The van der Waals surface area contributed by atoms with Gasteiger partial charge >= 0.3 is 5.97 Å². The van der Waals surface area contributed by atoms with E-state index in [0.717, 1.165) is 5.56 Å². The van der Waals surface area contributed by atoms with Crippen LogP contribution in [-0.2, 0) is 35.1 Å².